The second-order valence-corrected chi connectivity index (χ2v) is 8.78. The molecule has 5 aromatic carbocycles. The van der Waals surface area contributed by atoms with Crippen LogP contribution in [0.4, 0.5) is 5.69 Å². The highest BCUT2D eigenvalue weighted by molar-refractivity contribution is 9.10. The van der Waals surface area contributed by atoms with E-state index in [1.807, 2.05) is 97.9 Å². The van der Waals surface area contributed by atoms with Gasteiger partial charge in [0.1, 0.15) is 0 Å². The van der Waals surface area contributed by atoms with Crippen molar-refractivity contribution < 1.29 is 9.53 Å². The number of hydrogen-bond donors (Lipinski definition) is 2. The third-order valence-electron chi connectivity index (χ3n) is 5.54. The summed E-state index contributed by atoms with van der Waals surface area (Å²) in [4.78, 5) is 16.9. The highest BCUT2D eigenvalue weighted by atomic mass is 79.9. The summed E-state index contributed by atoms with van der Waals surface area (Å²) in [5, 5.41) is 4.26. The molecule has 3 N–H and O–H groups in total. The Balaban J connectivity index is 0.000000246. The third kappa shape index (κ3) is 6.82. The summed E-state index contributed by atoms with van der Waals surface area (Å²) >= 11 is 3.40. The average molecular weight is 557 g/mol. The molecule has 6 heteroatoms. The predicted octanol–water partition coefficient (Wildman–Crippen LogP) is 7.99. The number of halogens is 1. The van der Waals surface area contributed by atoms with Crippen molar-refractivity contribution in [3.05, 3.63) is 125 Å². The van der Waals surface area contributed by atoms with Gasteiger partial charge in [0.25, 0.3) is 5.91 Å². The van der Waals surface area contributed by atoms with Crippen LogP contribution in [-0.2, 0) is 4.74 Å². The molecule has 0 aromatic heterocycles. The van der Waals surface area contributed by atoms with E-state index < -0.39 is 0 Å². The maximum absolute atomic E-state index is 12.7. The molecule has 0 fully saturated rings. The van der Waals surface area contributed by atoms with Gasteiger partial charge in [0.2, 0.25) is 5.90 Å². The zero-order chi connectivity index (χ0) is 25.3. The number of hydrazine groups is 1. The highest BCUT2D eigenvalue weighted by Crippen LogP contribution is 2.22. The average Bonchev–Trinajstić information content (AvgIpc) is 2.93. The minimum Gasteiger partial charge on any atom is -0.477 e. The number of amides is 1. The number of ether oxygens (including phenoxy) is 1. The number of fused-ring (bicyclic) bond motifs is 2. The first-order valence-corrected chi connectivity index (χ1v) is 12.3. The zero-order valence-corrected chi connectivity index (χ0v) is 21.4. The molecule has 5 rings (SSSR count). The number of nitrogens with zero attached hydrogens (tertiary/aromatic N) is 1. The van der Waals surface area contributed by atoms with E-state index in [0.717, 1.165) is 31.9 Å². The van der Waals surface area contributed by atoms with Crippen molar-refractivity contribution in [2.45, 2.75) is 14.4 Å². The maximum Gasteiger partial charge on any atom is 0.280 e. The van der Waals surface area contributed by atoms with E-state index in [2.05, 4.69) is 38.5 Å². The van der Waals surface area contributed by atoms with Crippen molar-refractivity contribution in [3.63, 3.8) is 0 Å². The number of rotatable bonds is 4. The normalized spacial score (nSPS) is 10.7. The molecule has 0 spiro atoms. The Labute approximate surface area is 226 Å². The lowest BCUT2D eigenvalue weighted by Gasteiger charge is -2.08. The van der Waals surface area contributed by atoms with Gasteiger partial charge in [-0.1, -0.05) is 96.2 Å². The standard InChI is InChI=1S/C20H16BrNO2.C10H10N2.CH4/c1-2-24-20(15-10-12-16(21)13-11-15)22-19(23)18-9-5-7-14-6-3-4-8-17(14)18;11-12-10-7-3-5-8-4-1-2-6-9(8)10;/h3-13H,2H2,1H3;1-7,12H,11H2;1H4. The van der Waals surface area contributed by atoms with E-state index in [-0.39, 0.29) is 13.3 Å². The quantitative estimate of drug-likeness (QED) is 0.102. The summed E-state index contributed by atoms with van der Waals surface area (Å²) in [6.45, 7) is 2.31. The van der Waals surface area contributed by atoms with Crippen LogP contribution in [0.5, 0.6) is 0 Å². The summed E-state index contributed by atoms with van der Waals surface area (Å²) < 4.78 is 6.55. The van der Waals surface area contributed by atoms with Gasteiger partial charge in [-0.05, 0) is 59.5 Å². The Hall–Kier alpha value is -4.00. The van der Waals surface area contributed by atoms with Gasteiger partial charge in [-0.25, -0.2) is 0 Å². The first-order valence-electron chi connectivity index (χ1n) is 11.5. The van der Waals surface area contributed by atoms with Crippen LogP contribution in [0.15, 0.2) is 119 Å². The molecular weight excluding hydrogens is 526 g/mol. The van der Waals surface area contributed by atoms with E-state index in [1.54, 1.807) is 6.07 Å². The SMILES string of the molecule is C.CCOC(=NC(=O)c1cccc2ccccc12)c1ccc(Br)cc1.NNc1cccc2ccccc12. The first kappa shape index (κ1) is 27.6. The maximum atomic E-state index is 12.7. The van der Waals surface area contributed by atoms with Crippen LogP contribution in [0.3, 0.4) is 0 Å². The molecule has 0 bridgehead atoms. The predicted molar refractivity (Wildman–Crippen MR) is 159 cm³/mol. The number of nitrogens with one attached hydrogen (secondary N) is 1. The molecule has 188 valence electrons. The zero-order valence-electron chi connectivity index (χ0n) is 19.8. The van der Waals surface area contributed by atoms with Crippen LogP contribution in [0.25, 0.3) is 21.5 Å². The van der Waals surface area contributed by atoms with Crippen molar-refractivity contribution in [3.8, 4) is 0 Å². The first-order chi connectivity index (χ1) is 17.6. The lowest BCUT2D eigenvalue weighted by molar-refractivity contribution is 0.100. The highest BCUT2D eigenvalue weighted by Gasteiger charge is 2.12. The molecule has 0 aliphatic carbocycles. The fraction of sp³-hybridized carbons (Fsp3) is 0.0968. The number of aliphatic imine (C=N–C) groups is 1. The second kappa shape index (κ2) is 13.3. The van der Waals surface area contributed by atoms with Crippen LogP contribution >= 0.6 is 15.9 Å². The molecular formula is C31H30BrN3O2. The Morgan fingerprint density at radius 3 is 2.03 bits per heavy atom. The fourth-order valence-electron chi connectivity index (χ4n) is 3.82. The Morgan fingerprint density at radius 2 is 1.38 bits per heavy atom. The van der Waals surface area contributed by atoms with Crippen molar-refractivity contribution in [2.75, 3.05) is 12.0 Å². The van der Waals surface area contributed by atoms with Gasteiger partial charge in [-0.3, -0.25) is 10.6 Å². The van der Waals surface area contributed by atoms with Gasteiger partial charge in [-0.15, -0.1) is 0 Å². The number of carbonyl (C=O) groups is 1. The molecule has 0 saturated heterocycles. The van der Waals surface area contributed by atoms with E-state index in [4.69, 9.17) is 10.6 Å². The summed E-state index contributed by atoms with van der Waals surface area (Å²) in [6, 6.07) is 35.1. The van der Waals surface area contributed by atoms with Crippen LogP contribution in [-0.4, -0.2) is 18.4 Å². The molecule has 0 unspecified atom stereocenters. The number of benzene rings is 5. The van der Waals surface area contributed by atoms with Gasteiger partial charge in [0, 0.05) is 21.0 Å². The Kier molecular flexibility index (Phi) is 9.95. The molecule has 0 radical (unpaired) electrons. The molecule has 5 nitrogen and oxygen atoms in total. The minimum atomic E-state index is -0.307. The molecule has 37 heavy (non-hydrogen) atoms. The van der Waals surface area contributed by atoms with Gasteiger partial charge >= 0.3 is 0 Å². The minimum absolute atomic E-state index is 0. The summed E-state index contributed by atoms with van der Waals surface area (Å²) in [5.41, 5.74) is 4.98. The Bertz CT molecular complexity index is 1500. The molecule has 0 aliphatic rings. The molecule has 5 aromatic rings. The smallest absolute Gasteiger partial charge is 0.280 e. The lowest BCUT2D eigenvalue weighted by atomic mass is 10.0. The van der Waals surface area contributed by atoms with E-state index >= 15 is 0 Å². The number of carbonyl (C=O) groups excluding carboxylic acids is 1. The summed E-state index contributed by atoms with van der Waals surface area (Å²) in [6.07, 6.45) is 0. The molecule has 1 amide bonds. The van der Waals surface area contributed by atoms with E-state index in [1.165, 1.54) is 5.39 Å². The second-order valence-electron chi connectivity index (χ2n) is 7.86. The van der Waals surface area contributed by atoms with Gasteiger partial charge in [-0.2, -0.15) is 4.99 Å². The van der Waals surface area contributed by atoms with Crippen LogP contribution < -0.4 is 11.3 Å². The van der Waals surface area contributed by atoms with E-state index in [0.29, 0.717) is 18.1 Å². The number of nitrogens with two attached hydrogens (primary N) is 1. The van der Waals surface area contributed by atoms with Gasteiger partial charge < -0.3 is 10.2 Å². The largest absolute Gasteiger partial charge is 0.477 e. The third-order valence-corrected chi connectivity index (χ3v) is 6.07. The van der Waals surface area contributed by atoms with Crippen LogP contribution in [0.2, 0.25) is 0 Å². The number of anilines is 1. The molecule has 0 saturated carbocycles. The van der Waals surface area contributed by atoms with Crippen LogP contribution in [0, 0.1) is 0 Å². The van der Waals surface area contributed by atoms with Gasteiger partial charge in [0.15, 0.2) is 0 Å². The fourth-order valence-corrected chi connectivity index (χ4v) is 4.09. The summed E-state index contributed by atoms with van der Waals surface area (Å²) in [7, 11) is 0. The van der Waals surface area contributed by atoms with Crippen molar-refractivity contribution >= 4 is 55.0 Å². The van der Waals surface area contributed by atoms with E-state index in [9.17, 15) is 4.79 Å². The molecule has 0 aliphatic heterocycles. The topological polar surface area (TPSA) is 76.7 Å². The number of hydrogen-bond acceptors (Lipinski definition) is 4. The van der Waals surface area contributed by atoms with Crippen LogP contribution in [0.1, 0.15) is 30.3 Å². The number of nitrogen functional groups attached to an aromatic ring is 1. The Morgan fingerprint density at radius 1 is 0.811 bits per heavy atom. The van der Waals surface area contributed by atoms with Crippen molar-refractivity contribution in [1.82, 2.24) is 0 Å². The van der Waals surface area contributed by atoms with Gasteiger partial charge in [0.05, 0.1) is 12.3 Å². The van der Waals surface area contributed by atoms with Crippen molar-refractivity contribution in [1.29, 1.82) is 0 Å². The monoisotopic (exact) mass is 555 g/mol. The summed E-state index contributed by atoms with van der Waals surface area (Å²) in [5.74, 6) is 5.39. The lowest BCUT2D eigenvalue weighted by Crippen LogP contribution is -2.10. The van der Waals surface area contributed by atoms with Crippen molar-refractivity contribution in [2.24, 2.45) is 10.8 Å². The molecule has 0 heterocycles. The molecule has 0 atom stereocenters.